The molecule has 1 aromatic rings. The van der Waals surface area contributed by atoms with Gasteiger partial charge in [0.1, 0.15) is 0 Å². The summed E-state index contributed by atoms with van der Waals surface area (Å²) in [6.07, 6.45) is 0. The molecular formula is C14H23N5O3. The Balaban J connectivity index is 3.43. The molecule has 8 heteroatoms. The zero-order valence-electron chi connectivity index (χ0n) is 13.4. The third-order valence-corrected chi connectivity index (χ3v) is 3.04. The zero-order chi connectivity index (χ0) is 16.7. The third-order valence-electron chi connectivity index (χ3n) is 3.04. The summed E-state index contributed by atoms with van der Waals surface area (Å²) in [6, 6.07) is 0. The molecule has 22 heavy (non-hydrogen) atoms. The summed E-state index contributed by atoms with van der Waals surface area (Å²) in [5, 5.41) is 15.1. The first-order chi connectivity index (χ1) is 10.5. The lowest BCUT2D eigenvalue weighted by Crippen LogP contribution is -2.32. The molecule has 1 aromatic heterocycles. The molecule has 1 amide bonds. The fourth-order valence-electron chi connectivity index (χ4n) is 1.98. The van der Waals surface area contributed by atoms with Crippen LogP contribution in [0.2, 0.25) is 0 Å². The highest BCUT2D eigenvalue weighted by Crippen LogP contribution is 2.20. The number of carbonyl (C=O) groups is 2. The van der Waals surface area contributed by atoms with Gasteiger partial charge in [-0.2, -0.15) is 0 Å². The molecule has 1 heterocycles. The van der Waals surface area contributed by atoms with E-state index in [9.17, 15) is 14.7 Å². The van der Waals surface area contributed by atoms with Gasteiger partial charge in [-0.25, -0.2) is 14.8 Å². The van der Waals surface area contributed by atoms with Crippen LogP contribution in [0.4, 0.5) is 11.6 Å². The van der Waals surface area contributed by atoms with Gasteiger partial charge in [0, 0.05) is 26.2 Å². The van der Waals surface area contributed by atoms with Crippen molar-refractivity contribution in [3.63, 3.8) is 0 Å². The van der Waals surface area contributed by atoms with Crippen LogP contribution in [-0.4, -0.2) is 58.0 Å². The fourth-order valence-corrected chi connectivity index (χ4v) is 1.98. The Hall–Kier alpha value is -2.38. The highest BCUT2D eigenvalue weighted by Gasteiger charge is 2.24. The van der Waals surface area contributed by atoms with Crippen molar-refractivity contribution in [3.05, 3.63) is 11.4 Å². The fraction of sp³-hybridized carbons (Fsp3) is 0.571. The lowest BCUT2D eigenvalue weighted by atomic mass is 10.3. The van der Waals surface area contributed by atoms with E-state index in [-0.39, 0.29) is 23.1 Å². The summed E-state index contributed by atoms with van der Waals surface area (Å²) < 4.78 is 0. The van der Waals surface area contributed by atoms with Crippen LogP contribution in [0.25, 0.3) is 0 Å². The Bertz CT molecular complexity index is 544. The van der Waals surface area contributed by atoms with E-state index in [2.05, 4.69) is 20.6 Å². The van der Waals surface area contributed by atoms with Gasteiger partial charge < -0.3 is 20.6 Å². The normalized spacial score (nSPS) is 10.2. The van der Waals surface area contributed by atoms with Crippen molar-refractivity contribution in [3.8, 4) is 0 Å². The molecule has 0 saturated heterocycles. The highest BCUT2D eigenvalue weighted by molar-refractivity contribution is 5.99. The quantitative estimate of drug-likeness (QED) is 0.668. The Morgan fingerprint density at radius 1 is 0.955 bits per heavy atom. The van der Waals surface area contributed by atoms with E-state index in [1.165, 1.54) is 0 Å². The molecule has 0 aliphatic heterocycles. The summed E-state index contributed by atoms with van der Waals surface area (Å²) in [5.74, 6) is -1.11. The van der Waals surface area contributed by atoms with Crippen molar-refractivity contribution in [2.24, 2.45) is 0 Å². The first-order valence-corrected chi connectivity index (χ1v) is 7.42. The molecule has 0 saturated carbocycles. The summed E-state index contributed by atoms with van der Waals surface area (Å²) in [6.45, 7) is 9.48. The van der Waals surface area contributed by atoms with Crippen LogP contribution in [-0.2, 0) is 0 Å². The molecule has 122 valence electrons. The minimum atomic E-state index is -1.22. The van der Waals surface area contributed by atoms with Gasteiger partial charge in [0.2, 0.25) is 0 Å². The Morgan fingerprint density at radius 3 is 1.86 bits per heavy atom. The molecule has 0 spiro atoms. The van der Waals surface area contributed by atoms with E-state index in [0.717, 1.165) is 0 Å². The number of nitrogens with one attached hydrogen (secondary N) is 2. The zero-order valence-corrected chi connectivity index (χ0v) is 13.4. The first-order valence-electron chi connectivity index (χ1n) is 7.42. The number of nitrogens with zero attached hydrogens (tertiary/aromatic N) is 3. The second kappa shape index (κ2) is 8.16. The van der Waals surface area contributed by atoms with Crippen molar-refractivity contribution in [2.45, 2.75) is 27.7 Å². The third kappa shape index (κ3) is 3.84. The van der Waals surface area contributed by atoms with E-state index >= 15 is 0 Å². The topological polar surface area (TPSA) is 107 Å². The molecule has 0 radical (unpaired) electrons. The highest BCUT2D eigenvalue weighted by atomic mass is 16.4. The van der Waals surface area contributed by atoms with Gasteiger partial charge in [-0.3, -0.25) is 4.79 Å². The standard InChI is InChI=1S/C14H23N5O3/c1-5-15-11-9(13(20)19(7-3)8-4)17-10(14(21)22)12(18-11)16-6-2/h5-8H2,1-4H3,(H,21,22)(H2,15,16,18). The van der Waals surface area contributed by atoms with Crippen molar-refractivity contribution in [2.75, 3.05) is 36.8 Å². The van der Waals surface area contributed by atoms with Crippen molar-refractivity contribution in [1.82, 2.24) is 14.9 Å². The Morgan fingerprint density at radius 2 is 1.45 bits per heavy atom. The minimum Gasteiger partial charge on any atom is -0.476 e. The first kappa shape index (κ1) is 17.7. The summed E-state index contributed by atoms with van der Waals surface area (Å²) in [7, 11) is 0. The number of anilines is 2. The predicted octanol–water partition coefficient (Wildman–Crippen LogP) is 1.52. The Labute approximate surface area is 129 Å². The summed E-state index contributed by atoms with van der Waals surface area (Å²) in [4.78, 5) is 33.7. The summed E-state index contributed by atoms with van der Waals surface area (Å²) >= 11 is 0. The maximum absolute atomic E-state index is 12.5. The maximum Gasteiger partial charge on any atom is 0.358 e. The second-order valence-corrected chi connectivity index (χ2v) is 4.46. The van der Waals surface area contributed by atoms with Gasteiger partial charge >= 0.3 is 5.97 Å². The number of hydrogen-bond donors (Lipinski definition) is 3. The Kier molecular flexibility index (Phi) is 6.55. The van der Waals surface area contributed by atoms with Gasteiger partial charge in [-0.15, -0.1) is 0 Å². The number of amides is 1. The molecular weight excluding hydrogens is 286 g/mol. The summed E-state index contributed by atoms with van der Waals surface area (Å²) in [5.41, 5.74) is -0.219. The molecule has 0 aromatic carbocycles. The average Bonchev–Trinajstić information content (AvgIpc) is 2.49. The van der Waals surface area contributed by atoms with Crippen LogP contribution in [0, 0.1) is 0 Å². The largest absolute Gasteiger partial charge is 0.476 e. The molecule has 0 atom stereocenters. The van der Waals surface area contributed by atoms with Crippen LogP contribution in [0.1, 0.15) is 48.7 Å². The van der Waals surface area contributed by atoms with E-state index in [1.807, 2.05) is 27.7 Å². The van der Waals surface area contributed by atoms with Gasteiger partial charge in [0.05, 0.1) is 0 Å². The van der Waals surface area contributed by atoms with Gasteiger partial charge in [-0.1, -0.05) is 0 Å². The molecule has 0 aliphatic rings. The predicted molar refractivity (Wildman–Crippen MR) is 84.6 cm³/mol. The lowest BCUT2D eigenvalue weighted by Gasteiger charge is -2.20. The van der Waals surface area contributed by atoms with Gasteiger partial charge in [0.25, 0.3) is 5.91 Å². The molecule has 8 nitrogen and oxygen atoms in total. The number of aromatic carboxylic acids is 1. The minimum absolute atomic E-state index is 0.0320. The van der Waals surface area contributed by atoms with E-state index in [0.29, 0.717) is 32.0 Å². The lowest BCUT2D eigenvalue weighted by molar-refractivity contribution is 0.0690. The maximum atomic E-state index is 12.5. The molecule has 0 fully saturated rings. The van der Waals surface area contributed by atoms with Crippen molar-refractivity contribution in [1.29, 1.82) is 0 Å². The number of carbonyl (C=O) groups excluding carboxylic acids is 1. The molecule has 0 bridgehead atoms. The number of carboxylic acids is 1. The molecule has 3 N–H and O–H groups in total. The van der Waals surface area contributed by atoms with Crippen LogP contribution < -0.4 is 10.6 Å². The van der Waals surface area contributed by atoms with Crippen molar-refractivity contribution >= 4 is 23.5 Å². The number of carboxylic acid groups (broad SMARTS) is 1. The smallest absolute Gasteiger partial charge is 0.358 e. The van der Waals surface area contributed by atoms with Crippen LogP contribution in [0.5, 0.6) is 0 Å². The van der Waals surface area contributed by atoms with Crippen LogP contribution in [0.15, 0.2) is 0 Å². The number of aromatic nitrogens is 2. The molecule has 1 rings (SSSR count). The van der Waals surface area contributed by atoms with Gasteiger partial charge in [-0.05, 0) is 27.7 Å². The van der Waals surface area contributed by atoms with Crippen molar-refractivity contribution < 1.29 is 14.7 Å². The van der Waals surface area contributed by atoms with Crippen LogP contribution in [0.3, 0.4) is 0 Å². The number of rotatable bonds is 8. The molecule has 0 aliphatic carbocycles. The average molecular weight is 309 g/mol. The number of hydrogen-bond acceptors (Lipinski definition) is 6. The monoisotopic (exact) mass is 309 g/mol. The SMILES string of the molecule is CCNc1nc(NCC)c(C(=O)N(CC)CC)nc1C(=O)O. The second-order valence-electron chi connectivity index (χ2n) is 4.46. The van der Waals surface area contributed by atoms with E-state index in [1.54, 1.807) is 4.90 Å². The van der Waals surface area contributed by atoms with E-state index < -0.39 is 5.97 Å². The van der Waals surface area contributed by atoms with Gasteiger partial charge in [0.15, 0.2) is 23.0 Å². The van der Waals surface area contributed by atoms with Crippen LogP contribution >= 0.6 is 0 Å². The van der Waals surface area contributed by atoms with E-state index in [4.69, 9.17) is 0 Å². The molecule has 0 unspecified atom stereocenters.